The number of amides is 1. The van der Waals surface area contributed by atoms with Gasteiger partial charge in [0.05, 0.1) is 17.4 Å². The summed E-state index contributed by atoms with van der Waals surface area (Å²) in [6.45, 7) is 1.40. The summed E-state index contributed by atoms with van der Waals surface area (Å²) in [7, 11) is 2.03. The zero-order valence-corrected chi connectivity index (χ0v) is 24.1. The molecule has 1 aromatic carbocycles. The number of nitrogens with one attached hydrogen (secondary N) is 1. The van der Waals surface area contributed by atoms with E-state index in [-0.39, 0.29) is 35.8 Å². The van der Waals surface area contributed by atoms with Crippen LogP contribution in [0.1, 0.15) is 43.5 Å². The van der Waals surface area contributed by atoms with Crippen molar-refractivity contribution in [2.75, 3.05) is 26.7 Å². The Morgan fingerprint density at radius 1 is 1.19 bits per heavy atom. The van der Waals surface area contributed by atoms with E-state index >= 15 is 0 Å². The van der Waals surface area contributed by atoms with E-state index in [4.69, 9.17) is 9.47 Å². The number of halogens is 2. The molecule has 220 valence electrons. The van der Waals surface area contributed by atoms with Crippen molar-refractivity contribution in [1.82, 2.24) is 30.0 Å². The van der Waals surface area contributed by atoms with Crippen LogP contribution in [0.2, 0.25) is 0 Å². The number of hydrogen-bond acceptors (Lipinski definition) is 8. The lowest BCUT2D eigenvalue weighted by Crippen LogP contribution is -2.43. The van der Waals surface area contributed by atoms with Gasteiger partial charge >= 0.3 is 6.09 Å². The van der Waals surface area contributed by atoms with E-state index in [2.05, 4.69) is 49.4 Å². The Balaban J connectivity index is 1.21. The molecule has 3 heterocycles. The summed E-state index contributed by atoms with van der Waals surface area (Å²) in [4.78, 5) is 18.4. The molecule has 9 nitrogen and oxygen atoms in total. The van der Waals surface area contributed by atoms with Gasteiger partial charge in [0.25, 0.3) is 0 Å². The maximum Gasteiger partial charge on any atom is 0.408 e. The number of ether oxygens (including phenoxy) is 2. The van der Waals surface area contributed by atoms with E-state index < -0.39 is 17.7 Å². The third-order valence-electron chi connectivity index (χ3n) is 6.99. The van der Waals surface area contributed by atoms with Crippen LogP contribution in [0.15, 0.2) is 54.0 Å². The van der Waals surface area contributed by atoms with Gasteiger partial charge in [0, 0.05) is 23.6 Å². The number of piperidine rings is 1. The molecule has 12 heteroatoms. The molecule has 1 aliphatic heterocycles. The Hall–Kier alpha value is -3.95. The number of benzene rings is 1. The maximum absolute atomic E-state index is 14.9. The number of alkyl carbamates (subject to hydrolysis) is 1. The maximum atomic E-state index is 14.9. The number of aromatic nitrogens is 4. The number of rotatable bonds is 8. The van der Waals surface area contributed by atoms with Crippen LogP contribution in [0.25, 0.3) is 5.69 Å². The SMILES string of the molecule is CN1CCC(NC(=O)OCC#Cc2cc(F)c(OCc3nnc(S[C@H]4C=CCCC4)n3-c3cccnc3)cc2F)CC1. The zero-order chi connectivity index (χ0) is 29.3. The predicted molar refractivity (Wildman–Crippen MR) is 154 cm³/mol. The molecule has 0 unspecified atom stereocenters. The van der Waals surface area contributed by atoms with Crippen LogP contribution in [0.4, 0.5) is 13.6 Å². The monoisotopic (exact) mass is 594 g/mol. The number of likely N-dealkylation sites (tertiary alicyclic amines) is 1. The highest BCUT2D eigenvalue weighted by atomic mass is 32.2. The molecule has 0 saturated carbocycles. The molecule has 2 aliphatic rings. The summed E-state index contributed by atoms with van der Waals surface area (Å²) in [5.41, 5.74) is 0.569. The largest absolute Gasteiger partial charge is 0.482 e. The first-order chi connectivity index (χ1) is 20.5. The molecule has 1 fully saturated rings. The number of allylic oxidation sites excluding steroid dienone is 1. The number of carbonyl (C=O) groups is 1. The second-order valence-electron chi connectivity index (χ2n) is 10.1. The van der Waals surface area contributed by atoms with Gasteiger partial charge in [-0.15, -0.1) is 10.2 Å². The van der Waals surface area contributed by atoms with Crippen molar-refractivity contribution in [3.05, 3.63) is 71.8 Å². The van der Waals surface area contributed by atoms with Crippen molar-refractivity contribution in [2.24, 2.45) is 0 Å². The van der Waals surface area contributed by atoms with Crippen molar-refractivity contribution < 1.29 is 23.0 Å². The molecule has 2 aromatic heterocycles. The Bertz CT molecular complexity index is 1460. The third kappa shape index (κ3) is 7.86. The first-order valence-electron chi connectivity index (χ1n) is 13.9. The average Bonchev–Trinajstić information content (AvgIpc) is 3.40. The lowest BCUT2D eigenvalue weighted by Gasteiger charge is -2.28. The normalized spacial score (nSPS) is 17.4. The fraction of sp³-hybridized carbons (Fsp3) is 0.400. The van der Waals surface area contributed by atoms with E-state index in [9.17, 15) is 13.6 Å². The fourth-order valence-corrected chi connectivity index (χ4v) is 5.85. The molecule has 1 atom stereocenters. The molecule has 1 aliphatic carbocycles. The Kier molecular flexibility index (Phi) is 10.0. The van der Waals surface area contributed by atoms with Gasteiger partial charge in [-0.3, -0.25) is 9.55 Å². The Morgan fingerprint density at radius 3 is 2.81 bits per heavy atom. The van der Waals surface area contributed by atoms with Gasteiger partial charge in [0.2, 0.25) is 0 Å². The van der Waals surface area contributed by atoms with Gasteiger partial charge in [-0.1, -0.05) is 35.8 Å². The Morgan fingerprint density at radius 2 is 2.05 bits per heavy atom. The highest BCUT2D eigenvalue weighted by Gasteiger charge is 2.21. The van der Waals surface area contributed by atoms with Crippen molar-refractivity contribution in [2.45, 2.75) is 55.2 Å². The summed E-state index contributed by atoms with van der Waals surface area (Å²) in [6, 6.07) is 5.63. The van der Waals surface area contributed by atoms with Gasteiger partial charge in [0.1, 0.15) is 12.4 Å². The summed E-state index contributed by atoms with van der Waals surface area (Å²) in [5, 5.41) is 12.4. The molecule has 1 amide bonds. The van der Waals surface area contributed by atoms with E-state index in [1.54, 1.807) is 30.2 Å². The summed E-state index contributed by atoms with van der Waals surface area (Å²) >= 11 is 1.59. The molecule has 0 spiro atoms. The van der Waals surface area contributed by atoms with Crippen molar-refractivity contribution in [1.29, 1.82) is 0 Å². The number of pyridine rings is 1. The van der Waals surface area contributed by atoms with Crippen LogP contribution in [0.5, 0.6) is 5.75 Å². The van der Waals surface area contributed by atoms with Crippen molar-refractivity contribution >= 4 is 17.9 Å². The van der Waals surface area contributed by atoms with Crippen LogP contribution in [-0.2, 0) is 11.3 Å². The van der Waals surface area contributed by atoms with Gasteiger partial charge in [-0.25, -0.2) is 13.6 Å². The van der Waals surface area contributed by atoms with Crippen LogP contribution in [0.3, 0.4) is 0 Å². The lowest BCUT2D eigenvalue weighted by atomic mass is 10.1. The lowest BCUT2D eigenvalue weighted by molar-refractivity contribution is 0.147. The Labute approximate surface area is 247 Å². The van der Waals surface area contributed by atoms with Gasteiger partial charge in [-0.05, 0) is 70.4 Å². The highest BCUT2D eigenvalue weighted by Crippen LogP contribution is 2.31. The van der Waals surface area contributed by atoms with Crippen molar-refractivity contribution in [3.8, 4) is 23.3 Å². The number of hydrogen-bond donors (Lipinski definition) is 1. The van der Waals surface area contributed by atoms with E-state index in [0.717, 1.165) is 63.0 Å². The quantitative estimate of drug-likeness (QED) is 0.291. The van der Waals surface area contributed by atoms with Crippen LogP contribution in [-0.4, -0.2) is 68.8 Å². The predicted octanol–water partition coefficient (Wildman–Crippen LogP) is 4.89. The van der Waals surface area contributed by atoms with E-state index in [1.807, 2.05) is 17.7 Å². The summed E-state index contributed by atoms with van der Waals surface area (Å²) < 4.78 is 42.2. The minimum Gasteiger partial charge on any atom is -0.482 e. The standard InChI is InChI=1S/C30H32F2N6O3S/c1-37-14-11-22(12-15-37)34-30(39)40-16-6-7-21-17-26(32)27(18-25(21)31)41-20-28-35-36-29(42-24-9-3-2-4-10-24)38(28)23-8-5-13-33-19-23/h3,5,8-9,13,17-19,22,24H,2,4,10-12,14-16,20H2,1H3,(H,34,39)/t24-/m0/s1. The van der Waals surface area contributed by atoms with E-state index in [1.165, 1.54) is 0 Å². The van der Waals surface area contributed by atoms with Crippen LogP contribution in [0, 0.1) is 23.5 Å². The van der Waals surface area contributed by atoms with Gasteiger partial charge in [-0.2, -0.15) is 0 Å². The minimum atomic E-state index is -0.781. The van der Waals surface area contributed by atoms with Gasteiger partial charge in [0.15, 0.2) is 29.2 Å². The molecule has 3 aromatic rings. The van der Waals surface area contributed by atoms with Crippen LogP contribution >= 0.6 is 11.8 Å². The first-order valence-corrected chi connectivity index (χ1v) is 14.7. The topological polar surface area (TPSA) is 94.4 Å². The molecular weight excluding hydrogens is 562 g/mol. The second-order valence-corrected chi connectivity index (χ2v) is 11.3. The number of carbonyl (C=O) groups excluding carboxylic acids is 1. The molecule has 0 bridgehead atoms. The third-order valence-corrected chi connectivity index (χ3v) is 8.16. The summed E-state index contributed by atoms with van der Waals surface area (Å²) in [6.07, 6.45) is 12.0. The average molecular weight is 595 g/mol. The molecule has 5 rings (SSSR count). The second kappa shape index (κ2) is 14.3. The molecular formula is C30H32F2N6O3S. The fourth-order valence-electron chi connectivity index (χ4n) is 4.70. The summed E-state index contributed by atoms with van der Waals surface area (Å²) in [5.74, 6) is 3.68. The van der Waals surface area contributed by atoms with Gasteiger partial charge < -0.3 is 19.7 Å². The number of nitrogens with zero attached hydrogens (tertiary/aromatic N) is 5. The molecule has 42 heavy (non-hydrogen) atoms. The molecule has 1 saturated heterocycles. The molecule has 1 N–H and O–H groups in total. The first kappa shape index (κ1) is 29.5. The van der Waals surface area contributed by atoms with E-state index in [0.29, 0.717) is 11.0 Å². The van der Waals surface area contributed by atoms with Crippen LogP contribution < -0.4 is 10.1 Å². The highest BCUT2D eigenvalue weighted by molar-refractivity contribution is 7.99. The molecule has 0 radical (unpaired) electrons. The zero-order valence-electron chi connectivity index (χ0n) is 23.3. The number of thioether (sulfide) groups is 1. The van der Waals surface area contributed by atoms with Crippen molar-refractivity contribution in [3.63, 3.8) is 0 Å². The minimum absolute atomic E-state index is 0.0540. The smallest absolute Gasteiger partial charge is 0.408 e.